The van der Waals surface area contributed by atoms with Gasteiger partial charge in [-0.2, -0.15) is 0 Å². The van der Waals surface area contributed by atoms with Crippen molar-refractivity contribution in [2.75, 3.05) is 33.9 Å². The number of rotatable bonds is 5. The summed E-state index contributed by atoms with van der Waals surface area (Å²) in [5, 5.41) is 20.5. The number of ether oxygens (including phenoxy) is 2. The lowest BCUT2D eigenvalue weighted by Gasteiger charge is -2.56. The number of allylic oxidation sites excluding steroid dienone is 6. The van der Waals surface area contributed by atoms with Crippen LogP contribution < -0.4 is 11.5 Å². The number of fused-ring (bicyclic) bond motifs is 9. The number of methoxy groups -OCH3 is 1. The Bertz CT molecular complexity index is 1830. The number of nitrogens with two attached hydrogens (primary N) is 2. The number of ketones is 5. The zero-order valence-corrected chi connectivity index (χ0v) is 32.0. The summed E-state index contributed by atoms with van der Waals surface area (Å²) < 4.78 is 10.9. The second-order valence-corrected chi connectivity index (χ2v) is 16.4. The lowest BCUT2D eigenvalue weighted by molar-refractivity contribution is -0.168. The minimum atomic E-state index is -1.62. The number of amides is 1. The van der Waals surface area contributed by atoms with E-state index < -0.39 is 52.3 Å². The number of piperazine rings is 1. The van der Waals surface area contributed by atoms with Crippen LogP contribution in [0.3, 0.4) is 0 Å². The number of carbonyl (C=O) groups excluding carboxylic acids is 6. The number of aliphatic hydroxyl groups excluding tert-OH is 1. The zero-order chi connectivity index (χ0) is 39.9. The standard InChI is InChI=1S/C21H26O5.C16H20N4O5.C3H7/c1-19-7-5-13(23)9-12(19)3-4-14-15-6-8-21(26,17(25)11-22)20(15,2)10-16(24)18(14)19;1-6-10(17)13(22)9-7(5-25-15(18)23)16(24-3)14-8(19(14)2)4-20(16)11(9)12(6)21;1-3-2/h5,7,9,14-15,18,22,26H,3-4,6,8,10-11H2,1-2H3;7-8,14H,4-5,17H2,1-3H3,(H2,18,23);1,3H2,2H3/t14-,15-,18+,19-,20-,21-;7-,8+,14+,16-,19?;/m01./s1. The summed E-state index contributed by atoms with van der Waals surface area (Å²) in [6.07, 6.45) is 7.88. The number of nitrogens with zero attached hydrogens (tertiary/aromatic N) is 2. The van der Waals surface area contributed by atoms with E-state index in [1.54, 1.807) is 19.1 Å². The normalized spacial score (nSPS) is 40.9. The third-order valence-electron chi connectivity index (χ3n) is 14.0. The summed E-state index contributed by atoms with van der Waals surface area (Å²) in [5.41, 5.74) is 8.91. The van der Waals surface area contributed by atoms with E-state index in [2.05, 4.69) is 11.8 Å². The van der Waals surface area contributed by atoms with Crippen LogP contribution in [0.1, 0.15) is 66.2 Å². The third-order valence-corrected chi connectivity index (χ3v) is 14.0. The fourth-order valence-corrected chi connectivity index (χ4v) is 11.4. The van der Waals surface area contributed by atoms with Crippen molar-refractivity contribution in [2.24, 2.45) is 46.0 Å². The molecule has 1 unspecified atom stereocenters. The minimum Gasteiger partial charge on any atom is -0.449 e. The van der Waals surface area contributed by atoms with Gasteiger partial charge in [0.05, 0.1) is 23.4 Å². The molecule has 5 fully saturated rings. The summed E-state index contributed by atoms with van der Waals surface area (Å²) in [6, 6.07) is 0.211. The largest absolute Gasteiger partial charge is 0.449 e. The second-order valence-electron chi connectivity index (χ2n) is 16.4. The first-order valence-corrected chi connectivity index (χ1v) is 18.8. The average molecular weight is 750 g/mol. The van der Waals surface area contributed by atoms with Gasteiger partial charge in [-0.1, -0.05) is 45.8 Å². The maximum atomic E-state index is 13.3. The molecule has 8 aliphatic rings. The fraction of sp³-hybridized carbons (Fsp3) is 0.625. The Morgan fingerprint density at radius 3 is 2.41 bits per heavy atom. The molecular weight excluding hydrogens is 696 g/mol. The van der Waals surface area contributed by atoms with Gasteiger partial charge >= 0.3 is 6.09 Å². The maximum Gasteiger partial charge on any atom is 0.404 e. The highest BCUT2D eigenvalue weighted by Gasteiger charge is 2.75. The Hall–Kier alpha value is -3.98. The summed E-state index contributed by atoms with van der Waals surface area (Å²) >= 11 is 0. The monoisotopic (exact) mass is 749 g/mol. The maximum absolute atomic E-state index is 13.3. The second kappa shape index (κ2) is 13.6. The van der Waals surface area contributed by atoms with Crippen LogP contribution in [0.2, 0.25) is 0 Å². The summed E-state index contributed by atoms with van der Waals surface area (Å²) in [5.74, 6) is -1.91. The number of hydrogen-bond donors (Lipinski definition) is 4. The van der Waals surface area contributed by atoms with Crippen molar-refractivity contribution in [2.45, 2.75) is 89.6 Å². The van der Waals surface area contributed by atoms with E-state index in [1.165, 1.54) is 7.11 Å². The molecule has 5 aliphatic carbocycles. The van der Waals surface area contributed by atoms with Crippen LogP contribution in [-0.2, 0) is 33.4 Å². The average Bonchev–Trinajstić information content (AvgIpc) is 3.37. The Morgan fingerprint density at radius 2 is 1.80 bits per heavy atom. The molecule has 1 radical (unpaired) electrons. The van der Waals surface area contributed by atoms with Crippen molar-refractivity contribution in [1.29, 1.82) is 0 Å². The highest BCUT2D eigenvalue weighted by molar-refractivity contribution is 6.25. The van der Waals surface area contributed by atoms with Crippen LogP contribution in [-0.4, -0.2) is 112 Å². The van der Waals surface area contributed by atoms with E-state index >= 15 is 0 Å². The Balaban J connectivity index is 0.000000172. The van der Waals surface area contributed by atoms with Crippen LogP contribution in [0.4, 0.5) is 4.79 Å². The molecular formula is C40H53N4O10. The predicted molar refractivity (Wildman–Crippen MR) is 194 cm³/mol. The van der Waals surface area contributed by atoms with Crippen LogP contribution in [0.15, 0.2) is 46.3 Å². The predicted octanol–water partition coefficient (Wildman–Crippen LogP) is 1.69. The van der Waals surface area contributed by atoms with E-state index in [4.69, 9.17) is 20.9 Å². The van der Waals surface area contributed by atoms with Gasteiger partial charge < -0.3 is 36.1 Å². The molecule has 0 bridgehead atoms. The topological polar surface area (TPSA) is 220 Å². The van der Waals surface area contributed by atoms with Crippen molar-refractivity contribution >= 4 is 35.0 Å². The number of primary amides is 1. The van der Waals surface area contributed by atoms with Crippen LogP contribution in [0.25, 0.3) is 0 Å². The SMILES string of the molecule is CO[C@@]12[C@H](COC(N)=O)C3=C(C(=O)C(C)=C(N)C3=O)N1C[C@H]1[C@@H]2N1C.C[C@]12C=CC(=O)C=C1CC[C@@H]1[C@@H]2C(=O)C[C@@]2(C)[C@H]1CC[C@]2(O)C(=O)CO.[CH2]CC. The third kappa shape index (κ3) is 5.34. The van der Waals surface area contributed by atoms with Crippen LogP contribution >= 0.6 is 0 Å². The summed E-state index contributed by atoms with van der Waals surface area (Å²) in [7, 11) is 3.49. The van der Waals surface area contributed by atoms with Gasteiger partial charge in [0.15, 0.2) is 17.3 Å². The molecule has 2 saturated heterocycles. The number of hydrogen-bond acceptors (Lipinski definition) is 13. The first-order valence-electron chi connectivity index (χ1n) is 18.8. The van der Waals surface area contributed by atoms with Crippen LogP contribution in [0.5, 0.6) is 0 Å². The molecule has 6 N–H and O–H groups in total. The zero-order valence-electron chi connectivity index (χ0n) is 32.0. The van der Waals surface area contributed by atoms with Gasteiger partial charge in [0.2, 0.25) is 11.6 Å². The van der Waals surface area contributed by atoms with Gasteiger partial charge in [0.1, 0.15) is 24.6 Å². The highest BCUT2D eigenvalue weighted by atomic mass is 16.6. The number of carbonyl (C=O) groups is 6. The van der Waals surface area contributed by atoms with Gasteiger partial charge in [-0.05, 0) is 63.6 Å². The lowest BCUT2D eigenvalue weighted by atomic mass is 9.46. The van der Waals surface area contributed by atoms with Gasteiger partial charge in [-0.3, -0.25) is 28.9 Å². The van der Waals surface area contributed by atoms with E-state index in [1.807, 2.05) is 38.8 Å². The molecule has 0 aromatic carbocycles. The molecule has 3 aliphatic heterocycles. The highest BCUT2D eigenvalue weighted by Crippen LogP contribution is 2.66. The van der Waals surface area contributed by atoms with Crippen LogP contribution in [0, 0.1) is 41.4 Å². The minimum absolute atomic E-state index is 0.00768. The smallest absolute Gasteiger partial charge is 0.404 e. The van der Waals surface area contributed by atoms with E-state index in [9.17, 15) is 39.0 Å². The summed E-state index contributed by atoms with van der Waals surface area (Å²) in [4.78, 5) is 78.2. The molecule has 11 atom stereocenters. The molecule has 14 nitrogen and oxygen atoms in total. The van der Waals surface area contributed by atoms with Gasteiger partial charge in [0, 0.05) is 54.0 Å². The Labute approximate surface area is 315 Å². The molecule has 0 aromatic heterocycles. The molecule has 293 valence electrons. The van der Waals surface area contributed by atoms with E-state index in [0.717, 1.165) is 24.8 Å². The number of aliphatic hydroxyl groups is 2. The molecule has 14 heteroatoms. The first-order chi connectivity index (χ1) is 25.4. The molecule has 0 aromatic rings. The summed E-state index contributed by atoms with van der Waals surface area (Å²) in [6.45, 7) is 10.6. The van der Waals surface area contributed by atoms with Crippen molar-refractivity contribution in [1.82, 2.24) is 9.80 Å². The van der Waals surface area contributed by atoms with E-state index in [0.29, 0.717) is 25.1 Å². The quantitative estimate of drug-likeness (QED) is 0.233. The van der Waals surface area contributed by atoms with Crippen molar-refractivity contribution in [3.63, 3.8) is 0 Å². The first kappa shape index (κ1) is 39.7. The fourth-order valence-electron chi connectivity index (χ4n) is 11.4. The van der Waals surface area contributed by atoms with Gasteiger partial charge in [0.25, 0.3) is 0 Å². The van der Waals surface area contributed by atoms with Crippen molar-refractivity contribution in [3.05, 3.63) is 53.3 Å². The Kier molecular flexibility index (Phi) is 10.0. The molecule has 8 rings (SSSR count). The number of likely N-dealkylation sites (N-methyl/N-ethyl adjacent to an activating group) is 1. The van der Waals surface area contributed by atoms with Crippen molar-refractivity contribution in [3.8, 4) is 0 Å². The van der Waals surface area contributed by atoms with Crippen molar-refractivity contribution < 1.29 is 48.5 Å². The van der Waals surface area contributed by atoms with E-state index in [-0.39, 0.29) is 77.1 Å². The Morgan fingerprint density at radius 1 is 1.13 bits per heavy atom. The van der Waals surface area contributed by atoms with Gasteiger partial charge in [-0.25, -0.2) is 4.79 Å². The molecule has 3 saturated carbocycles. The molecule has 54 heavy (non-hydrogen) atoms. The lowest BCUT2D eigenvalue weighted by Crippen LogP contribution is -2.60. The van der Waals surface area contributed by atoms with Gasteiger partial charge in [-0.15, -0.1) is 0 Å². The molecule has 3 heterocycles. The molecule has 0 spiro atoms. The molecule has 1 amide bonds. The number of Topliss-reactive ketones (excluding diaryl/α,β-unsaturated/α-hetero) is 4.